The lowest BCUT2D eigenvalue weighted by Crippen LogP contribution is -2.63. The Kier molecular flexibility index (Phi) is 3.07. The monoisotopic (exact) mass is 196 g/mol. The molecule has 0 aliphatic carbocycles. The van der Waals surface area contributed by atoms with Gasteiger partial charge in [-0.05, 0) is 46.5 Å². The molecule has 2 unspecified atom stereocenters. The van der Waals surface area contributed by atoms with Crippen LogP contribution >= 0.6 is 0 Å². The Morgan fingerprint density at radius 3 is 2.43 bits per heavy atom. The highest BCUT2D eigenvalue weighted by atomic mass is 15.1. The third-order valence-corrected chi connectivity index (χ3v) is 3.40. The van der Waals surface area contributed by atoms with Crippen LogP contribution in [0.4, 0.5) is 0 Å². The molecule has 1 heterocycles. The Balaban J connectivity index is 2.77. The van der Waals surface area contributed by atoms with Crippen molar-refractivity contribution >= 4 is 0 Å². The summed E-state index contributed by atoms with van der Waals surface area (Å²) in [6.07, 6.45) is 4.23. The second-order valence-corrected chi connectivity index (χ2v) is 5.69. The van der Waals surface area contributed by atoms with E-state index < -0.39 is 0 Å². The molecular weight excluding hydrogens is 172 g/mol. The van der Waals surface area contributed by atoms with Gasteiger partial charge in [0.1, 0.15) is 0 Å². The van der Waals surface area contributed by atoms with Crippen LogP contribution in [0.2, 0.25) is 0 Å². The van der Waals surface area contributed by atoms with Gasteiger partial charge in [-0.15, -0.1) is 6.58 Å². The van der Waals surface area contributed by atoms with Gasteiger partial charge >= 0.3 is 0 Å². The van der Waals surface area contributed by atoms with Crippen molar-refractivity contribution in [3.63, 3.8) is 0 Å². The van der Waals surface area contributed by atoms with Gasteiger partial charge in [-0.2, -0.15) is 0 Å². The van der Waals surface area contributed by atoms with Gasteiger partial charge in [0.05, 0.1) is 0 Å². The molecule has 3 N–H and O–H groups in total. The minimum Gasteiger partial charge on any atom is -0.324 e. The summed E-state index contributed by atoms with van der Waals surface area (Å²) in [5.41, 5.74) is 6.40. The summed E-state index contributed by atoms with van der Waals surface area (Å²) in [5.74, 6) is 0.494. The summed E-state index contributed by atoms with van der Waals surface area (Å²) in [4.78, 5) is 0. The molecule has 1 rings (SSSR count). The molecule has 2 nitrogen and oxygen atoms in total. The highest BCUT2D eigenvalue weighted by molar-refractivity contribution is 5.05. The van der Waals surface area contributed by atoms with Crippen LogP contribution in [0, 0.1) is 5.92 Å². The fraction of sp³-hybridized carbons (Fsp3) is 0.833. The molecule has 14 heavy (non-hydrogen) atoms. The molecule has 1 saturated heterocycles. The van der Waals surface area contributed by atoms with Gasteiger partial charge in [-0.3, -0.25) is 0 Å². The molecule has 0 aromatic carbocycles. The molecule has 0 radical (unpaired) electrons. The first-order valence-electron chi connectivity index (χ1n) is 5.46. The third kappa shape index (κ3) is 2.37. The van der Waals surface area contributed by atoms with Crippen LogP contribution in [0.5, 0.6) is 0 Å². The number of hydrogen-bond acceptors (Lipinski definition) is 2. The van der Waals surface area contributed by atoms with Crippen molar-refractivity contribution < 1.29 is 0 Å². The first-order valence-corrected chi connectivity index (χ1v) is 5.46. The van der Waals surface area contributed by atoms with E-state index in [4.69, 9.17) is 5.73 Å². The normalized spacial score (nSPS) is 32.2. The molecule has 2 atom stereocenters. The van der Waals surface area contributed by atoms with E-state index in [1.807, 2.05) is 6.08 Å². The summed E-state index contributed by atoms with van der Waals surface area (Å²) in [6.45, 7) is 12.8. The van der Waals surface area contributed by atoms with Crippen molar-refractivity contribution in [2.75, 3.05) is 0 Å². The predicted octanol–water partition coefficient (Wildman–Crippen LogP) is 2.06. The van der Waals surface area contributed by atoms with Gasteiger partial charge in [-0.25, -0.2) is 0 Å². The number of nitrogens with two attached hydrogens (primary N) is 1. The Morgan fingerprint density at radius 1 is 1.43 bits per heavy atom. The second-order valence-electron chi connectivity index (χ2n) is 5.69. The van der Waals surface area contributed by atoms with Gasteiger partial charge in [0.2, 0.25) is 0 Å². The second kappa shape index (κ2) is 3.67. The van der Waals surface area contributed by atoms with Gasteiger partial charge in [0, 0.05) is 17.1 Å². The van der Waals surface area contributed by atoms with Gasteiger partial charge in [0.25, 0.3) is 0 Å². The van der Waals surface area contributed by atoms with E-state index in [1.54, 1.807) is 0 Å². The largest absolute Gasteiger partial charge is 0.324 e. The van der Waals surface area contributed by atoms with Crippen LogP contribution in [0.3, 0.4) is 0 Å². The first kappa shape index (κ1) is 11.7. The fourth-order valence-corrected chi connectivity index (χ4v) is 2.74. The van der Waals surface area contributed by atoms with E-state index in [-0.39, 0.29) is 17.1 Å². The maximum absolute atomic E-state index is 6.05. The summed E-state index contributed by atoms with van der Waals surface area (Å²) in [7, 11) is 0. The Morgan fingerprint density at radius 2 is 2.00 bits per heavy atom. The molecule has 0 spiro atoms. The van der Waals surface area contributed by atoms with Crippen LogP contribution in [-0.2, 0) is 0 Å². The number of nitrogens with one attached hydrogen (secondary N) is 1. The molecule has 0 bridgehead atoms. The molecule has 1 aliphatic heterocycles. The maximum atomic E-state index is 6.05. The lowest BCUT2D eigenvalue weighted by atomic mass is 9.71. The van der Waals surface area contributed by atoms with E-state index in [9.17, 15) is 0 Å². The van der Waals surface area contributed by atoms with Crippen LogP contribution < -0.4 is 11.1 Å². The standard InChI is InChI=1S/C12H24N2/c1-6-10(13)9-7-8-11(2,3)14-12(9,4)5/h6,9-10,14H,1,7-8,13H2,2-5H3. The topological polar surface area (TPSA) is 38.0 Å². The lowest BCUT2D eigenvalue weighted by Gasteiger charge is -2.49. The highest BCUT2D eigenvalue weighted by Gasteiger charge is 2.41. The molecular formula is C12H24N2. The van der Waals surface area contributed by atoms with E-state index in [1.165, 1.54) is 12.8 Å². The average molecular weight is 196 g/mol. The van der Waals surface area contributed by atoms with E-state index in [0.29, 0.717) is 5.92 Å². The summed E-state index contributed by atoms with van der Waals surface area (Å²) < 4.78 is 0. The fourth-order valence-electron chi connectivity index (χ4n) is 2.74. The van der Waals surface area contributed by atoms with Gasteiger partial charge < -0.3 is 11.1 Å². The first-order chi connectivity index (χ1) is 6.28. The summed E-state index contributed by atoms with van der Waals surface area (Å²) in [5, 5.41) is 3.67. The Labute approximate surface area is 87.9 Å². The zero-order valence-electron chi connectivity index (χ0n) is 9.93. The molecule has 0 aromatic heterocycles. The summed E-state index contributed by atoms with van der Waals surface area (Å²) >= 11 is 0. The SMILES string of the molecule is C=CC(N)C1CCC(C)(C)NC1(C)C. The van der Waals surface area contributed by atoms with Gasteiger partial charge in [-0.1, -0.05) is 6.08 Å². The minimum atomic E-state index is 0.105. The number of hydrogen-bond donors (Lipinski definition) is 2. The van der Waals surface area contributed by atoms with Crippen LogP contribution in [-0.4, -0.2) is 17.1 Å². The lowest BCUT2D eigenvalue weighted by molar-refractivity contribution is 0.104. The highest BCUT2D eigenvalue weighted by Crippen LogP contribution is 2.34. The smallest absolute Gasteiger partial charge is 0.0267 e. The predicted molar refractivity (Wildman–Crippen MR) is 62.2 cm³/mol. The van der Waals surface area contributed by atoms with Crippen molar-refractivity contribution in [3.05, 3.63) is 12.7 Å². The van der Waals surface area contributed by atoms with Crippen molar-refractivity contribution in [1.29, 1.82) is 0 Å². The minimum absolute atomic E-state index is 0.105. The van der Waals surface area contributed by atoms with E-state index in [2.05, 4.69) is 39.6 Å². The molecule has 0 aromatic rings. The van der Waals surface area contributed by atoms with Crippen LogP contribution in [0.25, 0.3) is 0 Å². The molecule has 2 heteroatoms. The van der Waals surface area contributed by atoms with Gasteiger partial charge in [0.15, 0.2) is 0 Å². The molecule has 82 valence electrons. The molecule has 1 fully saturated rings. The Bertz CT molecular complexity index is 218. The quantitative estimate of drug-likeness (QED) is 0.663. The number of piperidine rings is 1. The third-order valence-electron chi connectivity index (χ3n) is 3.40. The molecule has 0 saturated carbocycles. The van der Waals surface area contributed by atoms with Crippen molar-refractivity contribution in [3.8, 4) is 0 Å². The zero-order valence-corrected chi connectivity index (χ0v) is 9.93. The summed E-state index contributed by atoms with van der Waals surface area (Å²) in [6, 6.07) is 0.105. The maximum Gasteiger partial charge on any atom is 0.0267 e. The molecule has 0 amide bonds. The zero-order chi connectivity index (χ0) is 11.0. The van der Waals surface area contributed by atoms with E-state index >= 15 is 0 Å². The van der Waals surface area contributed by atoms with Crippen LogP contribution in [0.1, 0.15) is 40.5 Å². The molecule has 1 aliphatic rings. The Hall–Kier alpha value is -0.340. The van der Waals surface area contributed by atoms with E-state index in [0.717, 1.165) is 0 Å². The van der Waals surface area contributed by atoms with Crippen molar-refractivity contribution in [2.45, 2.75) is 57.7 Å². The average Bonchev–Trinajstić information content (AvgIpc) is 1.99. The van der Waals surface area contributed by atoms with Crippen molar-refractivity contribution in [1.82, 2.24) is 5.32 Å². The van der Waals surface area contributed by atoms with Crippen molar-refractivity contribution in [2.24, 2.45) is 11.7 Å². The number of rotatable bonds is 2. The van der Waals surface area contributed by atoms with Crippen LogP contribution in [0.15, 0.2) is 12.7 Å².